The molecule has 3 rings (SSSR count). The monoisotopic (exact) mass is 305 g/mol. The normalized spacial score (nSPS) is 24.4. The van der Waals surface area contributed by atoms with E-state index in [2.05, 4.69) is 10.2 Å². The molecule has 2 aliphatic heterocycles. The van der Waals surface area contributed by atoms with E-state index in [1.165, 1.54) is 6.20 Å². The molecule has 0 bridgehead atoms. The number of carbonyl (C=O) groups excluding carboxylic acids is 1. The zero-order valence-electron chi connectivity index (χ0n) is 13.0. The Morgan fingerprint density at radius 1 is 1.41 bits per heavy atom. The molecule has 0 N–H and O–H groups in total. The summed E-state index contributed by atoms with van der Waals surface area (Å²) in [6, 6.07) is 1.72. The maximum absolute atomic E-state index is 12.5. The van der Waals surface area contributed by atoms with Crippen LogP contribution in [0.3, 0.4) is 0 Å². The number of carbonyl (C=O) groups is 1. The molecule has 3 heterocycles. The van der Waals surface area contributed by atoms with Crippen molar-refractivity contribution in [1.29, 1.82) is 0 Å². The number of nitrogens with zero attached hydrogens (tertiary/aromatic N) is 3. The summed E-state index contributed by atoms with van der Waals surface area (Å²) in [6.45, 7) is 3.92. The highest BCUT2D eigenvalue weighted by Gasteiger charge is 2.44. The van der Waals surface area contributed by atoms with Crippen LogP contribution in [-0.2, 0) is 9.47 Å². The van der Waals surface area contributed by atoms with Gasteiger partial charge >= 0.3 is 0 Å². The number of ether oxygens (including phenoxy) is 2. The third kappa shape index (κ3) is 2.98. The van der Waals surface area contributed by atoms with Crippen molar-refractivity contribution in [3.05, 3.63) is 24.0 Å². The first-order valence-electron chi connectivity index (χ1n) is 7.88. The minimum atomic E-state index is 0.0556. The summed E-state index contributed by atoms with van der Waals surface area (Å²) in [4.78, 5) is 14.4. The molecule has 0 aliphatic carbocycles. The van der Waals surface area contributed by atoms with Crippen molar-refractivity contribution in [2.24, 2.45) is 11.3 Å². The zero-order chi connectivity index (χ0) is 15.4. The second-order valence-corrected chi connectivity index (χ2v) is 6.26. The molecule has 2 saturated heterocycles. The van der Waals surface area contributed by atoms with E-state index >= 15 is 0 Å². The standard InChI is InChI=1S/C16H23N3O3/c1-21-11-14-12-22-9-5-16(14)3-7-19(8-4-16)15(20)13-2-6-17-18-10-13/h2,6,10,14H,3-5,7-9,11-12H2,1H3/t14-/m0/s1. The molecule has 1 amide bonds. The fraction of sp³-hybridized carbons (Fsp3) is 0.688. The molecule has 120 valence electrons. The lowest BCUT2D eigenvalue weighted by atomic mass is 9.66. The molecule has 2 fully saturated rings. The van der Waals surface area contributed by atoms with Crippen LogP contribution in [0.1, 0.15) is 29.6 Å². The first kappa shape index (κ1) is 15.4. The third-order valence-electron chi connectivity index (χ3n) is 5.17. The molecule has 0 aromatic carbocycles. The predicted molar refractivity (Wildman–Crippen MR) is 80.4 cm³/mol. The molecule has 0 saturated carbocycles. The van der Waals surface area contributed by atoms with Crippen LogP contribution in [0.25, 0.3) is 0 Å². The summed E-state index contributed by atoms with van der Waals surface area (Å²) < 4.78 is 11.0. The van der Waals surface area contributed by atoms with E-state index in [0.717, 1.165) is 52.2 Å². The van der Waals surface area contributed by atoms with Gasteiger partial charge in [-0.05, 0) is 30.7 Å². The van der Waals surface area contributed by atoms with Crippen LogP contribution in [0.4, 0.5) is 0 Å². The number of rotatable bonds is 3. The minimum absolute atomic E-state index is 0.0556. The van der Waals surface area contributed by atoms with E-state index in [-0.39, 0.29) is 11.3 Å². The van der Waals surface area contributed by atoms with Crippen molar-refractivity contribution in [2.75, 3.05) is 40.0 Å². The average molecular weight is 305 g/mol. The lowest BCUT2D eigenvalue weighted by Gasteiger charge is -2.48. The highest BCUT2D eigenvalue weighted by Crippen LogP contribution is 2.44. The molecule has 6 nitrogen and oxygen atoms in total. The van der Waals surface area contributed by atoms with Gasteiger partial charge in [0.15, 0.2) is 0 Å². The fourth-order valence-corrected chi connectivity index (χ4v) is 3.72. The van der Waals surface area contributed by atoms with Gasteiger partial charge in [0.2, 0.25) is 0 Å². The number of piperidine rings is 1. The van der Waals surface area contributed by atoms with Gasteiger partial charge in [0.1, 0.15) is 0 Å². The van der Waals surface area contributed by atoms with Crippen molar-refractivity contribution in [3.63, 3.8) is 0 Å². The number of aromatic nitrogens is 2. The van der Waals surface area contributed by atoms with Crippen molar-refractivity contribution < 1.29 is 14.3 Å². The SMILES string of the molecule is COC[C@H]1COCCC12CCN(C(=O)c1ccnnc1)CC2. The predicted octanol–water partition coefficient (Wildman–Crippen LogP) is 1.38. The van der Waals surface area contributed by atoms with E-state index < -0.39 is 0 Å². The van der Waals surface area contributed by atoms with Crippen molar-refractivity contribution >= 4 is 5.91 Å². The Morgan fingerprint density at radius 2 is 2.23 bits per heavy atom. The van der Waals surface area contributed by atoms with Gasteiger partial charge in [0.05, 0.1) is 31.2 Å². The number of hydrogen-bond donors (Lipinski definition) is 0. The smallest absolute Gasteiger partial charge is 0.255 e. The zero-order valence-corrected chi connectivity index (χ0v) is 13.0. The molecule has 0 radical (unpaired) electrons. The lowest BCUT2D eigenvalue weighted by Crippen LogP contribution is -2.50. The number of methoxy groups -OCH3 is 1. The van der Waals surface area contributed by atoms with E-state index in [9.17, 15) is 4.79 Å². The Bertz CT molecular complexity index is 499. The first-order chi connectivity index (χ1) is 10.7. The molecule has 1 spiro atoms. The number of amides is 1. The summed E-state index contributed by atoms with van der Waals surface area (Å²) in [5.74, 6) is 0.492. The van der Waals surface area contributed by atoms with Crippen LogP contribution in [0, 0.1) is 11.3 Å². The first-order valence-corrected chi connectivity index (χ1v) is 7.88. The number of hydrogen-bond acceptors (Lipinski definition) is 5. The van der Waals surface area contributed by atoms with Crippen LogP contribution in [-0.4, -0.2) is 61.0 Å². The summed E-state index contributed by atoms with van der Waals surface area (Å²) in [5, 5.41) is 7.51. The minimum Gasteiger partial charge on any atom is -0.384 e. The largest absolute Gasteiger partial charge is 0.384 e. The Hall–Kier alpha value is -1.53. The van der Waals surface area contributed by atoms with Gasteiger partial charge < -0.3 is 14.4 Å². The van der Waals surface area contributed by atoms with Crippen LogP contribution in [0.5, 0.6) is 0 Å². The van der Waals surface area contributed by atoms with Crippen LogP contribution >= 0.6 is 0 Å². The molecular weight excluding hydrogens is 282 g/mol. The lowest BCUT2D eigenvalue weighted by molar-refractivity contribution is -0.0912. The van der Waals surface area contributed by atoms with Crippen LogP contribution in [0.15, 0.2) is 18.5 Å². The Labute approximate surface area is 130 Å². The average Bonchev–Trinajstić information content (AvgIpc) is 2.58. The van der Waals surface area contributed by atoms with Gasteiger partial charge in [-0.15, -0.1) is 0 Å². The van der Waals surface area contributed by atoms with Gasteiger partial charge in [-0.25, -0.2) is 0 Å². The Balaban J connectivity index is 1.65. The quantitative estimate of drug-likeness (QED) is 0.844. The van der Waals surface area contributed by atoms with E-state index in [4.69, 9.17) is 9.47 Å². The van der Waals surface area contributed by atoms with Gasteiger partial charge in [0, 0.05) is 32.7 Å². The Morgan fingerprint density at radius 3 is 2.91 bits per heavy atom. The van der Waals surface area contributed by atoms with Crippen LogP contribution < -0.4 is 0 Å². The van der Waals surface area contributed by atoms with Gasteiger partial charge in [-0.2, -0.15) is 10.2 Å². The molecule has 2 aliphatic rings. The summed E-state index contributed by atoms with van der Waals surface area (Å²) in [5.41, 5.74) is 0.882. The van der Waals surface area contributed by atoms with Crippen molar-refractivity contribution in [3.8, 4) is 0 Å². The second-order valence-electron chi connectivity index (χ2n) is 6.26. The van der Waals surface area contributed by atoms with Crippen LogP contribution in [0.2, 0.25) is 0 Å². The highest BCUT2D eigenvalue weighted by molar-refractivity contribution is 5.93. The van der Waals surface area contributed by atoms with E-state index in [1.807, 2.05) is 4.90 Å². The van der Waals surface area contributed by atoms with E-state index in [0.29, 0.717) is 11.5 Å². The van der Waals surface area contributed by atoms with Gasteiger partial charge in [-0.3, -0.25) is 4.79 Å². The molecule has 6 heteroatoms. The molecule has 1 atom stereocenters. The summed E-state index contributed by atoms with van der Waals surface area (Å²) in [7, 11) is 1.75. The van der Waals surface area contributed by atoms with Gasteiger partial charge in [0.25, 0.3) is 5.91 Å². The van der Waals surface area contributed by atoms with Gasteiger partial charge in [-0.1, -0.05) is 0 Å². The van der Waals surface area contributed by atoms with Crippen molar-refractivity contribution in [1.82, 2.24) is 15.1 Å². The fourth-order valence-electron chi connectivity index (χ4n) is 3.72. The second kappa shape index (κ2) is 6.71. The molecule has 1 aromatic rings. The maximum Gasteiger partial charge on any atom is 0.255 e. The topological polar surface area (TPSA) is 64.6 Å². The van der Waals surface area contributed by atoms with Crippen molar-refractivity contribution in [2.45, 2.75) is 19.3 Å². The molecule has 1 aromatic heterocycles. The third-order valence-corrected chi connectivity index (χ3v) is 5.17. The molecule has 22 heavy (non-hydrogen) atoms. The summed E-state index contributed by atoms with van der Waals surface area (Å²) in [6.07, 6.45) is 6.21. The summed E-state index contributed by atoms with van der Waals surface area (Å²) >= 11 is 0. The maximum atomic E-state index is 12.5. The molecule has 0 unspecified atom stereocenters. The highest BCUT2D eigenvalue weighted by atomic mass is 16.5. The molecular formula is C16H23N3O3. The number of likely N-dealkylation sites (tertiary alicyclic amines) is 1. The Kier molecular flexibility index (Phi) is 4.69. The van der Waals surface area contributed by atoms with E-state index in [1.54, 1.807) is 19.4 Å².